The maximum Gasteiger partial charge on any atom is 0.171 e. The number of phenolic OH excluding ortho intramolecular Hbond substituents is 2. The van der Waals surface area contributed by atoms with Gasteiger partial charge in [-0.25, -0.2) is 0 Å². The van der Waals surface area contributed by atoms with Crippen LogP contribution in [0.5, 0.6) is 23.0 Å². The van der Waals surface area contributed by atoms with Gasteiger partial charge in [0, 0.05) is 17.8 Å². The van der Waals surface area contributed by atoms with Crippen molar-refractivity contribution < 1.29 is 14.9 Å². The second-order valence-corrected chi connectivity index (χ2v) is 3.85. The van der Waals surface area contributed by atoms with Gasteiger partial charge in [-0.2, -0.15) is 0 Å². The lowest BCUT2D eigenvalue weighted by Gasteiger charge is -2.09. The van der Waals surface area contributed by atoms with E-state index in [-0.39, 0.29) is 23.0 Å². The number of aromatic hydroxyl groups is 2. The van der Waals surface area contributed by atoms with Crippen LogP contribution in [0.1, 0.15) is 0 Å². The van der Waals surface area contributed by atoms with E-state index >= 15 is 0 Å². The lowest BCUT2D eigenvalue weighted by Crippen LogP contribution is -1.89. The van der Waals surface area contributed by atoms with Crippen LogP contribution in [0.3, 0.4) is 0 Å². The minimum Gasteiger partial charge on any atom is -0.508 e. The Bertz CT molecular complexity index is 508. The number of halogens is 1. The molecule has 0 bridgehead atoms. The minimum atomic E-state index is -0.0568. The summed E-state index contributed by atoms with van der Waals surface area (Å²) in [7, 11) is 0. The molecule has 0 atom stereocenters. The fraction of sp³-hybridized carbons (Fsp3) is 0. The zero-order valence-electron chi connectivity index (χ0n) is 8.72. The lowest BCUT2D eigenvalue weighted by atomic mass is 10.2. The number of nitrogen functional groups attached to an aromatic ring is 1. The Labute approximate surface area is 103 Å². The number of hydrogen-bond donors (Lipinski definition) is 3. The molecule has 0 spiro atoms. The first-order valence-corrected chi connectivity index (χ1v) is 5.19. The third kappa shape index (κ3) is 2.54. The van der Waals surface area contributed by atoms with Crippen LogP contribution in [0.25, 0.3) is 0 Å². The summed E-state index contributed by atoms with van der Waals surface area (Å²) >= 11 is 5.89. The van der Waals surface area contributed by atoms with Gasteiger partial charge < -0.3 is 20.7 Å². The summed E-state index contributed by atoms with van der Waals surface area (Å²) < 4.78 is 5.38. The number of rotatable bonds is 2. The number of nitrogens with two attached hydrogens (primary N) is 1. The molecule has 4 N–H and O–H groups in total. The van der Waals surface area contributed by atoms with Crippen molar-refractivity contribution in [2.75, 3.05) is 5.73 Å². The van der Waals surface area contributed by atoms with Crippen LogP contribution in [0.4, 0.5) is 5.69 Å². The van der Waals surface area contributed by atoms with Crippen molar-refractivity contribution in [1.82, 2.24) is 0 Å². The first-order valence-electron chi connectivity index (χ1n) is 4.81. The van der Waals surface area contributed by atoms with Crippen molar-refractivity contribution >= 4 is 17.3 Å². The fourth-order valence-electron chi connectivity index (χ4n) is 1.30. The van der Waals surface area contributed by atoms with E-state index < -0.39 is 0 Å². The highest BCUT2D eigenvalue weighted by molar-refractivity contribution is 6.32. The van der Waals surface area contributed by atoms with Crippen LogP contribution < -0.4 is 10.5 Å². The third-order valence-corrected chi connectivity index (χ3v) is 2.43. The van der Waals surface area contributed by atoms with E-state index in [2.05, 4.69) is 0 Å². The molecule has 2 rings (SSSR count). The number of anilines is 1. The average Bonchev–Trinajstić information content (AvgIpc) is 2.28. The summed E-state index contributed by atoms with van der Waals surface area (Å²) in [6.45, 7) is 0. The number of ether oxygens (including phenoxy) is 1. The molecule has 0 amide bonds. The molecule has 0 heterocycles. The van der Waals surface area contributed by atoms with Gasteiger partial charge in [-0.15, -0.1) is 0 Å². The summed E-state index contributed by atoms with van der Waals surface area (Å²) in [6, 6.07) is 8.72. The second-order valence-electron chi connectivity index (χ2n) is 3.44. The van der Waals surface area contributed by atoms with Gasteiger partial charge in [-0.1, -0.05) is 11.6 Å². The van der Waals surface area contributed by atoms with Crippen LogP contribution in [0.15, 0.2) is 36.4 Å². The van der Waals surface area contributed by atoms with Gasteiger partial charge in [0.25, 0.3) is 0 Å². The first-order chi connectivity index (χ1) is 8.06. The van der Waals surface area contributed by atoms with Gasteiger partial charge in [0.1, 0.15) is 11.5 Å². The van der Waals surface area contributed by atoms with Gasteiger partial charge >= 0.3 is 0 Å². The SMILES string of the molecule is Nc1ccc(O)c(Oc2cc(O)ccc2Cl)c1. The summed E-state index contributed by atoms with van der Waals surface area (Å²) in [6.07, 6.45) is 0. The molecule has 4 nitrogen and oxygen atoms in total. The quantitative estimate of drug-likeness (QED) is 0.566. The van der Waals surface area contributed by atoms with Crippen molar-refractivity contribution in [3.63, 3.8) is 0 Å². The highest BCUT2D eigenvalue weighted by Gasteiger charge is 2.08. The molecular formula is C12H10ClNO3. The zero-order chi connectivity index (χ0) is 12.4. The largest absolute Gasteiger partial charge is 0.508 e. The van der Waals surface area contributed by atoms with Crippen molar-refractivity contribution in [3.8, 4) is 23.0 Å². The van der Waals surface area contributed by atoms with E-state index in [1.807, 2.05) is 0 Å². The van der Waals surface area contributed by atoms with E-state index in [4.69, 9.17) is 22.1 Å². The molecule has 2 aromatic carbocycles. The van der Waals surface area contributed by atoms with Crippen LogP contribution in [0, 0.1) is 0 Å². The predicted octanol–water partition coefficient (Wildman–Crippen LogP) is 3.13. The van der Waals surface area contributed by atoms with Crippen LogP contribution >= 0.6 is 11.6 Å². The molecule has 88 valence electrons. The standard InChI is InChI=1S/C12H10ClNO3/c13-9-3-2-8(15)6-11(9)17-12-5-7(14)1-4-10(12)16/h1-6,15-16H,14H2. The predicted molar refractivity (Wildman–Crippen MR) is 65.7 cm³/mol. The average molecular weight is 252 g/mol. The Hall–Kier alpha value is -2.07. The maximum absolute atomic E-state index is 9.57. The Balaban J connectivity index is 2.37. The summed E-state index contributed by atoms with van der Waals surface area (Å²) in [5.74, 6) is 0.386. The van der Waals surface area contributed by atoms with E-state index in [1.54, 1.807) is 6.07 Å². The molecule has 5 heteroatoms. The molecule has 0 saturated heterocycles. The number of benzene rings is 2. The highest BCUT2D eigenvalue weighted by Crippen LogP contribution is 2.37. The molecule has 0 aliphatic carbocycles. The minimum absolute atomic E-state index is 0.0211. The highest BCUT2D eigenvalue weighted by atomic mass is 35.5. The Kier molecular flexibility index (Phi) is 2.97. The molecular weight excluding hydrogens is 242 g/mol. The molecule has 0 aromatic heterocycles. The second kappa shape index (κ2) is 4.43. The molecule has 0 unspecified atom stereocenters. The van der Waals surface area contributed by atoms with Crippen LogP contribution in [0.2, 0.25) is 5.02 Å². The summed E-state index contributed by atoms with van der Waals surface area (Å²) in [5, 5.41) is 19.2. The van der Waals surface area contributed by atoms with E-state index in [1.165, 1.54) is 30.3 Å². The maximum atomic E-state index is 9.57. The van der Waals surface area contributed by atoms with Crippen LogP contribution in [-0.4, -0.2) is 10.2 Å². The molecule has 2 aromatic rings. The van der Waals surface area contributed by atoms with E-state index in [0.29, 0.717) is 10.7 Å². The summed E-state index contributed by atoms with van der Waals surface area (Å²) in [4.78, 5) is 0. The molecule has 0 aliphatic rings. The van der Waals surface area contributed by atoms with Crippen molar-refractivity contribution in [2.24, 2.45) is 0 Å². The van der Waals surface area contributed by atoms with Gasteiger partial charge in [-0.3, -0.25) is 0 Å². The fourth-order valence-corrected chi connectivity index (χ4v) is 1.46. The first kappa shape index (κ1) is 11.4. The monoisotopic (exact) mass is 251 g/mol. The van der Waals surface area contributed by atoms with Crippen LogP contribution in [-0.2, 0) is 0 Å². The Morgan fingerprint density at radius 2 is 1.76 bits per heavy atom. The zero-order valence-corrected chi connectivity index (χ0v) is 9.48. The van der Waals surface area contributed by atoms with E-state index in [9.17, 15) is 10.2 Å². The van der Waals surface area contributed by atoms with Gasteiger partial charge in [0.15, 0.2) is 11.5 Å². The van der Waals surface area contributed by atoms with Crippen molar-refractivity contribution in [3.05, 3.63) is 41.4 Å². The Morgan fingerprint density at radius 1 is 1.00 bits per heavy atom. The third-order valence-electron chi connectivity index (χ3n) is 2.12. The molecule has 0 saturated carbocycles. The van der Waals surface area contributed by atoms with Gasteiger partial charge in [-0.05, 0) is 24.3 Å². The van der Waals surface area contributed by atoms with E-state index in [0.717, 1.165) is 0 Å². The number of phenols is 2. The molecule has 0 fully saturated rings. The van der Waals surface area contributed by atoms with Gasteiger partial charge in [0.2, 0.25) is 0 Å². The topological polar surface area (TPSA) is 75.7 Å². The normalized spacial score (nSPS) is 10.2. The lowest BCUT2D eigenvalue weighted by molar-refractivity contribution is 0.408. The summed E-state index contributed by atoms with van der Waals surface area (Å²) in [5.41, 5.74) is 6.03. The molecule has 17 heavy (non-hydrogen) atoms. The smallest absolute Gasteiger partial charge is 0.171 e. The number of hydrogen-bond acceptors (Lipinski definition) is 4. The van der Waals surface area contributed by atoms with Crippen molar-refractivity contribution in [2.45, 2.75) is 0 Å². The van der Waals surface area contributed by atoms with Crippen molar-refractivity contribution in [1.29, 1.82) is 0 Å². The Morgan fingerprint density at radius 3 is 2.53 bits per heavy atom. The molecule has 0 aliphatic heterocycles. The van der Waals surface area contributed by atoms with Gasteiger partial charge in [0.05, 0.1) is 5.02 Å². The molecule has 0 radical (unpaired) electrons.